The number of anilines is 1. The molecule has 3 rings (SSSR count). The number of fused-ring (bicyclic) bond motifs is 1. The van der Waals surface area contributed by atoms with E-state index >= 15 is 0 Å². The molecule has 0 fully saturated rings. The Hall–Kier alpha value is -2.90. The second-order valence-electron chi connectivity index (χ2n) is 4.07. The maximum Gasteiger partial charge on any atom is 0.274 e. The van der Waals surface area contributed by atoms with E-state index in [1.165, 1.54) is 0 Å². The molecule has 1 aromatic heterocycles. The van der Waals surface area contributed by atoms with E-state index in [-0.39, 0.29) is 18.3 Å². The molecule has 2 aromatic rings. The largest absolute Gasteiger partial charge is 0.454 e. The predicted octanol–water partition coefficient (Wildman–Crippen LogP) is 0.648. The van der Waals surface area contributed by atoms with Crippen LogP contribution in [-0.2, 0) is 0 Å². The number of rotatable bonds is 3. The van der Waals surface area contributed by atoms with Crippen molar-refractivity contribution in [3.63, 3.8) is 0 Å². The zero-order valence-corrected chi connectivity index (χ0v) is 10.6. The minimum atomic E-state index is -0.305. The summed E-state index contributed by atoms with van der Waals surface area (Å²) in [4.78, 5) is 13.8. The second-order valence-corrected chi connectivity index (χ2v) is 4.07. The number of benzene rings is 1. The van der Waals surface area contributed by atoms with Gasteiger partial charge in [-0.3, -0.25) is 9.78 Å². The van der Waals surface area contributed by atoms with Crippen molar-refractivity contribution >= 4 is 12.2 Å². The first-order chi connectivity index (χ1) is 9.72. The molecule has 2 heterocycles. The highest BCUT2D eigenvalue weighted by atomic mass is 16.7. The number of hydrogen-bond donors (Lipinski definition) is 2. The number of aromatic amines is 1. The molecule has 0 spiro atoms. The lowest BCUT2D eigenvalue weighted by Crippen LogP contribution is -2.15. The van der Waals surface area contributed by atoms with Crippen LogP contribution in [0.2, 0.25) is 0 Å². The quantitative estimate of drug-likeness (QED) is 0.629. The van der Waals surface area contributed by atoms with Crippen molar-refractivity contribution in [1.82, 2.24) is 15.2 Å². The number of aromatic nitrogens is 3. The number of hydrazone groups is 1. The zero-order valence-electron chi connectivity index (χ0n) is 10.6. The fourth-order valence-electron chi connectivity index (χ4n) is 1.61. The number of aryl methyl sites for hydroxylation is 1. The number of H-pyrrole nitrogens is 1. The van der Waals surface area contributed by atoms with Crippen LogP contribution < -0.4 is 20.5 Å². The molecule has 8 nitrogen and oxygen atoms in total. The fourth-order valence-corrected chi connectivity index (χ4v) is 1.61. The van der Waals surface area contributed by atoms with Crippen molar-refractivity contribution in [2.75, 3.05) is 12.2 Å². The SMILES string of the molecule is Cc1nnc(N/N=C/c2ccc3c(c2)OCO3)[nH]c1=O. The monoisotopic (exact) mass is 273 g/mol. The van der Waals surface area contributed by atoms with E-state index in [1.54, 1.807) is 25.3 Å². The Balaban J connectivity index is 1.71. The summed E-state index contributed by atoms with van der Waals surface area (Å²) in [6, 6.07) is 5.44. The first kappa shape index (κ1) is 12.2. The van der Waals surface area contributed by atoms with Gasteiger partial charge in [0.1, 0.15) is 5.69 Å². The van der Waals surface area contributed by atoms with Gasteiger partial charge < -0.3 is 9.47 Å². The molecule has 1 aliphatic rings. The Labute approximate surface area is 113 Å². The van der Waals surface area contributed by atoms with E-state index in [2.05, 4.69) is 25.7 Å². The van der Waals surface area contributed by atoms with Gasteiger partial charge in [0.2, 0.25) is 12.7 Å². The van der Waals surface area contributed by atoms with Crippen LogP contribution in [0.25, 0.3) is 0 Å². The zero-order chi connectivity index (χ0) is 13.9. The molecule has 0 aliphatic carbocycles. The average molecular weight is 273 g/mol. The van der Waals surface area contributed by atoms with Crippen LogP contribution in [0.4, 0.5) is 5.95 Å². The molecular weight excluding hydrogens is 262 g/mol. The first-order valence-electron chi connectivity index (χ1n) is 5.85. The second kappa shape index (κ2) is 5.00. The van der Waals surface area contributed by atoms with Gasteiger partial charge in [0.15, 0.2) is 11.5 Å². The van der Waals surface area contributed by atoms with Gasteiger partial charge in [-0.2, -0.15) is 5.10 Å². The van der Waals surface area contributed by atoms with Crippen LogP contribution in [0.3, 0.4) is 0 Å². The molecule has 0 saturated heterocycles. The predicted molar refractivity (Wildman–Crippen MR) is 71.2 cm³/mol. The van der Waals surface area contributed by atoms with Crippen LogP contribution >= 0.6 is 0 Å². The smallest absolute Gasteiger partial charge is 0.274 e. The first-order valence-corrected chi connectivity index (χ1v) is 5.85. The average Bonchev–Trinajstić information content (AvgIpc) is 2.90. The van der Waals surface area contributed by atoms with Crippen LogP contribution in [0.15, 0.2) is 28.1 Å². The van der Waals surface area contributed by atoms with Gasteiger partial charge in [-0.15, -0.1) is 10.2 Å². The molecule has 0 atom stereocenters. The lowest BCUT2D eigenvalue weighted by atomic mass is 10.2. The Morgan fingerprint density at radius 3 is 3.05 bits per heavy atom. The third-order valence-electron chi connectivity index (χ3n) is 2.64. The van der Waals surface area contributed by atoms with Crippen molar-refractivity contribution in [3.05, 3.63) is 39.8 Å². The third kappa shape index (κ3) is 2.44. The van der Waals surface area contributed by atoms with Crippen molar-refractivity contribution in [1.29, 1.82) is 0 Å². The van der Waals surface area contributed by atoms with Gasteiger partial charge >= 0.3 is 0 Å². The van der Waals surface area contributed by atoms with Gasteiger partial charge in [-0.05, 0) is 30.7 Å². The van der Waals surface area contributed by atoms with Crippen LogP contribution in [0.1, 0.15) is 11.3 Å². The Morgan fingerprint density at radius 2 is 2.20 bits per heavy atom. The highest BCUT2D eigenvalue weighted by molar-refractivity contribution is 5.81. The molecule has 20 heavy (non-hydrogen) atoms. The van der Waals surface area contributed by atoms with E-state index in [4.69, 9.17) is 9.47 Å². The summed E-state index contributed by atoms with van der Waals surface area (Å²) in [5, 5.41) is 11.4. The number of ether oxygens (including phenoxy) is 2. The Bertz CT molecular complexity index is 725. The van der Waals surface area contributed by atoms with Gasteiger partial charge in [0, 0.05) is 0 Å². The highest BCUT2D eigenvalue weighted by Crippen LogP contribution is 2.31. The highest BCUT2D eigenvalue weighted by Gasteiger charge is 2.12. The van der Waals surface area contributed by atoms with Crippen LogP contribution in [-0.4, -0.2) is 28.2 Å². The van der Waals surface area contributed by atoms with Crippen molar-refractivity contribution < 1.29 is 9.47 Å². The van der Waals surface area contributed by atoms with Gasteiger partial charge in [-0.25, -0.2) is 5.43 Å². The lowest BCUT2D eigenvalue weighted by molar-refractivity contribution is 0.174. The fraction of sp³-hybridized carbons (Fsp3) is 0.167. The molecule has 1 aliphatic heterocycles. The lowest BCUT2D eigenvalue weighted by Gasteiger charge is -1.99. The normalized spacial score (nSPS) is 12.8. The molecule has 1 aromatic carbocycles. The van der Waals surface area contributed by atoms with E-state index in [9.17, 15) is 4.79 Å². The maximum atomic E-state index is 11.3. The summed E-state index contributed by atoms with van der Waals surface area (Å²) < 4.78 is 10.5. The van der Waals surface area contributed by atoms with Crippen LogP contribution in [0, 0.1) is 6.92 Å². The van der Waals surface area contributed by atoms with E-state index in [0.717, 1.165) is 5.56 Å². The van der Waals surface area contributed by atoms with Crippen molar-refractivity contribution in [2.24, 2.45) is 5.10 Å². The molecular formula is C12H11N5O3. The minimum absolute atomic E-state index is 0.178. The van der Waals surface area contributed by atoms with Gasteiger partial charge in [0.25, 0.3) is 5.56 Å². The molecule has 102 valence electrons. The van der Waals surface area contributed by atoms with E-state index < -0.39 is 0 Å². The molecule has 0 unspecified atom stereocenters. The number of nitrogens with one attached hydrogen (secondary N) is 2. The molecule has 0 saturated carbocycles. The maximum absolute atomic E-state index is 11.3. The molecule has 0 radical (unpaired) electrons. The van der Waals surface area contributed by atoms with Crippen LogP contribution in [0.5, 0.6) is 11.5 Å². The molecule has 8 heteroatoms. The number of hydrogen-bond acceptors (Lipinski definition) is 7. The topological polar surface area (TPSA) is 101 Å². The Kier molecular flexibility index (Phi) is 3.04. The van der Waals surface area contributed by atoms with Crippen molar-refractivity contribution in [3.8, 4) is 11.5 Å². The standard InChI is InChI=1S/C12H11N5O3/c1-7-11(18)14-12(17-15-7)16-13-5-8-2-3-9-10(4-8)20-6-19-9/h2-5H,6H2,1H3,(H2,14,16,17,18)/b13-5+. The number of nitrogens with zero attached hydrogens (tertiary/aromatic N) is 3. The molecule has 0 amide bonds. The van der Waals surface area contributed by atoms with Gasteiger partial charge in [0.05, 0.1) is 6.21 Å². The minimum Gasteiger partial charge on any atom is -0.454 e. The molecule has 2 N–H and O–H groups in total. The summed E-state index contributed by atoms with van der Waals surface area (Å²) in [5.74, 6) is 1.57. The molecule has 0 bridgehead atoms. The summed E-state index contributed by atoms with van der Waals surface area (Å²) in [6.07, 6.45) is 1.57. The Morgan fingerprint density at radius 1 is 1.35 bits per heavy atom. The van der Waals surface area contributed by atoms with E-state index in [0.29, 0.717) is 17.2 Å². The van der Waals surface area contributed by atoms with E-state index in [1.807, 2.05) is 6.07 Å². The summed E-state index contributed by atoms with van der Waals surface area (Å²) >= 11 is 0. The summed E-state index contributed by atoms with van der Waals surface area (Å²) in [5.41, 5.74) is 3.42. The summed E-state index contributed by atoms with van der Waals surface area (Å²) in [6.45, 7) is 1.81. The van der Waals surface area contributed by atoms with Crippen molar-refractivity contribution in [2.45, 2.75) is 6.92 Å². The summed E-state index contributed by atoms with van der Waals surface area (Å²) in [7, 11) is 0. The third-order valence-corrected chi connectivity index (χ3v) is 2.64. The van der Waals surface area contributed by atoms with Gasteiger partial charge in [-0.1, -0.05) is 0 Å².